The molecule has 3 aromatic rings. The lowest BCUT2D eigenvalue weighted by atomic mass is 10.1. The Balaban J connectivity index is 1.72. The van der Waals surface area contributed by atoms with Crippen molar-refractivity contribution in [3.8, 4) is 17.2 Å². The molecule has 2 amide bonds. The van der Waals surface area contributed by atoms with Gasteiger partial charge in [0.05, 0.1) is 43.3 Å². The van der Waals surface area contributed by atoms with Gasteiger partial charge in [0.2, 0.25) is 0 Å². The molecule has 0 bridgehead atoms. The summed E-state index contributed by atoms with van der Waals surface area (Å²) < 4.78 is 16.4. The van der Waals surface area contributed by atoms with Gasteiger partial charge in [0.15, 0.2) is 11.5 Å². The first kappa shape index (κ1) is 23.8. The predicted octanol–water partition coefficient (Wildman–Crippen LogP) is 4.49. The molecular formula is C24H22BrN3O5. The van der Waals surface area contributed by atoms with Gasteiger partial charge in [-0.05, 0) is 70.0 Å². The van der Waals surface area contributed by atoms with E-state index >= 15 is 0 Å². The highest BCUT2D eigenvalue weighted by molar-refractivity contribution is 9.10. The van der Waals surface area contributed by atoms with E-state index in [0.29, 0.717) is 28.5 Å². The van der Waals surface area contributed by atoms with Crippen LogP contribution in [0.15, 0.2) is 70.2 Å². The highest BCUT2D eigenvalue weighted by Crippen LogP contribution is 2.28. The zero-order valence-electron chi connectivity index (χ0n) is 18.2. The molecule has 3 aromatic carbocycles. The van der Waals surface area contributed by atoms with E-state index in [2.05, 4.69) is 31.8 Å². The minimum atomic E-state index is -0.470. The van der Waals surface area contributed by atoms with E-state index in [0.717, 1.165) is 10.0 Å². The van der Waals surface area contributed by atoms with Gasteiger partial charge in [-0.15, -0.1) is 0 Å². The Labute approximate surface area is 199 Å². The molecule has 0 aliphatic carbocycles. The summed E-state index contributed by atoms with van der Waals surface area (Å²) >= 11 is 3.40. The summed E-state index contributed by atoms with van der Waals surface area (Å²) in [5.41, 5.74) is 4.20. The minimum absolute atomic E-state index is 0.263. The quantitative estimate of drug-likeness (QED) is 0.343. The first-order chi connectivity index (χ1) is 16.0. The summed E-state index contributed by atoms with van der Waals surface area (Å²) in [5.74, 6) is 0.756. The topological polar surface area (TPSA) is 98.2 Å². The number of hydrogen-bond donors (Lipinski definition) is 2. The zero-order chi connectivity index (χ0) is 23.8. The second kappa shape index (κ2) is 11.1. The van der Waals surface area contributed by atoms with Gasteiger partial charge in [-0.1, -0.05) is 12.1 Å². The Kier molecular flexibility index (Phi) is 8.04. The molecule has 0 radical (unpaired) electrons. The van der Waals surface area contributed by atoms with Crippen molar-refractivity contribution in [2.24, 2.45) is 5.10 Å². The molecule has 0 aliphatic rings. The number of ether oxygens (including phenoxy) is 3. The van der Waals surface area contributed by atoms with Gasteiger partial charge >= 0.3 is 0 Å². The molecule has 3 rings (SSSR count). The largest absolute Gasteiger partial charge is 0.496 e. The van der Waals surface area contributed by atoms with Crippen LogP contribution in [-0.2, 0) is 0 Å². The van der Waals surface area contributed by atoms with Gasteiger partial charge in [-0.25, -0.2) is 5.43 Å². The maximum Gasteiger partial charge on any atom is 0.273 e. The van der Waals surface area contributed by atoms with E-state index < -0.39 is 11.8 Å². The molecule has 33 heavy (non-hydrogen) atoms. The number of hydrogen-bond acceptors (Lipinski definition) is 6. The number of para-hydroxylation sites is 1. The molecule has 8 nitrogen and oxygen atoms in total. The van der Waals surface area contributed by atoms with Crippen LogP contribution >= 0.6 is 15.9 Å². The smallest absolute Gasteiger partial charge is 0.273 e. The van der Waals surface area contributed by atoms with E-state index in [1.807, 2.05) is 6.07 Å². The lowest BCUT2D eigenvalue weighted by molar-refractivity contribution is 0.0956. The standard InChI is InChI=1S/C24H22BrN3O5/c1-31-20-10-8-15(12-18(20)25)14-26-28-24(30)17-6-4-5-7-19(17)27-23(29)16-9-11-21(32-2)22(13-16)33-3/h4-14H,1-3H3,(H,27,29)(H,28,30). The normalized spacial score (nSPS) is 10.5. The highest BCUT2D eigenvalue weighted by atomic mass is 79.9. The van der Waals surface area contributed by atoms with Crippen molar-refractivity contribution in [3.05, 3.63) is 81.8 Å². The van der Waals surface area contributed by atoms with Crippen molar-refractivity contribution in [2.75, 3.05) is 26.6 Å². The van der Waals surface area contributed by atoms with Gasteiger partial charge in [0.25, 0.3) is 11.8 Å². The third kappa shape index (κ3) is 5.89. The number of benzene rings is 3. The van der Waals surface area contributed by atoms with Crippen molar-refractivity contribution in [3.63, 3.8) is 0 Å². The number of carbonyl (C=O) groups is 2. The predicted molar refractivity (Wildman–Crippen MR) is 130 cm³/mol. The first-order valence-corrected chi connectivity index (χ1v) is 10.6. The molecule has 0 atom stereocenters. The van der Waals surface area contributed by atoms with Crippen LogP contribution in [0.2, 0.25) is 0 Å². The molecule has 0 saturated carbocycles. The summed E-state index contributed by atoms with van der Waals surface area (Å²) in [7, 11) is 4.59. The Morgan fingerprint density at radius 2 is 1.55 bits per heavy atom. The average Bonchev–Trinajstić information content (AvgIpc) is 2.83. The van der Waals surface area contributed by atoms with Crippen LogP contribution in [0.5, 0.6) is 17.2 Å². The molecule has 2 N–H and O–H groups in total. The fourth-order valence-corrected chi connectivity index (χ4v) is 3.51. The monoisotopic (exact) mass is 511 g/mol. The molecule has 0 spiro atoms. The first-order valence-electron chi connectivity index (χ1n) is 9.76. The zero-order valence-corrected chi connectivity index (χ0v) is 19.8. The number of amides is 2. The summed E-state index contributed by atoms with van der Waals surface area (Å²) in [6, 6.07) is 16.9. The number of nitrogens with one attached hydrogen (secondary N) is 2. The Bertz CT molecular complexity index is 1200. The van der Waals surface area contributed by atoms with Crippen LogP contribution in [0.3, 0.4) is 0 Å². The molecule has 170 valence electrons. The number of carbonyl (C=O) groups excluding carboxylic acids is 2. The summed E-state index contributed by atoms with van der Waals surface area (Å²) in [5, 5.41) is 6.76. The van der Waals surface area contributed by atoms with Gasteiger partial charge in [-0.2, -0.15) is 5.10 Å². The lowest BCUT2D eigenvalue weighted by Crippen LogP contribution is -2.21. The molecule has 0 aliphatic heterocycles. The molecule has 9 heteroatoms. The van der Waals surface area contributed by atoms with Gasteiger partial charge in [0.1, 0.15) is 5.75 Å². The van der Waals surface area contributed by atoms with E-state index in [-0.39, 0.29) is 5.56 Å². The van der Waals surface area contributed by atoms with Gasteiger partial charge in [0, 0.05) is 5.56 Å². The maximum absolute atomic E-state index is 12.8. The number of anilines is 1. The number of halogens is 1. The van der Waals surface area contributed by atoms with Crippen molar-refractivity contribution in [1.82, 2.24) is 5.43 Å². The lowest BCUT2D eigenvalue weighted by Gasteiger charge is -2.12. The van der Waals surface area contributed by atoms with Gasteiger partial charge < -0.3 is 19.5 Å². The van der Waals surface area contributed by atoms with Crippen molar-refractivity contribution >= 4 is 39.6 Å². The second-order valence-electron chi connectivity index (χ2n) is 6.66. The van der Waals surface area contributed by atoms with Crippen LogP contribution in [0.4, 0.5) is 5.69 Å². The fourth-order valence-electron chi connectivity index (χ4n) is 2.95. The third-order valence-corrected chi connectivity index (χ3v) is 5.24. The summed E-state index contributed by atoms with van der Waals surface area (Å²) in [4.78, 5) is 25.4. The van der Waals surface area contributed by atoms with Crippen molar-refractivity contribution in [1.29, 1.82) is 0 Å². The van der Waals surface area contributed by atoms with Crippen LogP contribution in [0.25, 0.3) is 0 Å². The van der Waals surface area contributed by atoms with Crippen LogP contribution < -0.4 is 25.0 Å². The van der Waals surface area contributed by atoms with Gasteiger partial charge in [-0.3, -0.25) is 9.59 Å². The number of rotatable bonds is 8. The molecular weight excluding hydrogens is 490 g/mol. The SMILES string of the molecule is COc1ccc(C=NNC(=O)c2ccccc2NC(=O)c2ccc(OC)c(OC)c2)cc1Br. The summed E-state index contributed by atoms with van der Waals surface area (Å²) in [6.07, 6.45) is 1.51. The van der Waals surface area contributed by atoms with Crippen LogP contribution in [-0.4, -0.2) is 39.4 Å². The Hall–Kier alpha value is -3.85. The fraction of sp³-hybridized carbons (Fsp3) is 0.125. The maximum atomic E-state index is 12.8. The molecule has 0 heterocycles. The number of nitrogens with zero attached hydrogens (tertiary/aromatic N) is 1. The Morgan fingerprint density at radius 1 is 0.848 bits per heavy atom. The Morgan fingerprint density at radius 3 is 2.24 bits per heavy atom. The third-order valence-electron chi connectivity index (χ3n) is 4.62. The summed E-state index contributed by atoms with van der Waals surface area (Å²) in [6.45, 7) is 0. The average molecular weight is 512 g/mol. The minimum Gasteiger partial charge on any atom is -0.496 e. The molecule has 0 saturated heterocycles. The van der Waals surface area contributed by atoms with Crippen LogP contribution in [0, 0.1) is 0 Å². The number of methoxy groups -OCH3 is 3. The van der Waals surface area contributed by atoms with E-state index in [1.54, 1.807) is 61.7 Å². The number of hydrazone groups is 1. The van der Waals surface area contributed by atoms with Crippen molar-refractivity contribution in [2.45, 2.75) is 0 Å². The molecule has 0 fully saturated rings. The van der Waals surface area contributed by atoms with E-state index in [9.17, 15) is 9.59 Å². The molecule has 0 unspecified atom stereocenters. The second-order valence-corrected chi connectivity index (χ2v) is 7.52. The van der Waals surface area contributed by atoms with Crippen LogP contribution in [0.1, 0.15) is 26.3 Å². The highest BCUT2D eigenvalue weighted by Gasteiger charge is 2.15. The van der Waals surface area contributed by atoms with Crippen molar-refractivity contribution < 1.29 is 23.8 Å². The molecule has 0 aromatic heterocycles. The van der Waals surface area contributed by atoms with E-state index in [1.165, 1.54) is 20.4 Å². The van der Waals surface area contributed by atoms with E-state index in [4.69, 9.17) is 14.2 Å².